The van der Waals surface area contributed by atoms with Crippen LogP contribution in [0.3, 0.4) is 0 Å². The molecule has 1 rings (SSSR count). The number of hydrogen-bond acceptors (Lipinski definition) is 1. The summed E-state index contributed by atoms with van der Waals surface area (Å²) in [5.74, 6) is 0. The van der Waals surface area contributed by atoms with Gasteiger partial charge in [-0.1, -0.05) is 88.0 Å². The van der Waals surface area contributed by atoms with Crippen LogP contribution < -0.4 is 0 Å². The number of aliphatic hydroxyl groups is 1. The van der Waals surface area contributed by atoms with Gasteiger partial charge in [0.05, 0.1) is 0 Å². The van der Waals surface area contributed by atoms with Gasteiger partial charge in [-0.3, -0.25) is 0 Å². The molecule has 0 amide bonds. The van der Waals surface area contributed by atoms with Gasteiger partial charge in [-0.15, -0.1) is 0 Å². The lowest BCUT2D eigenvalue weighted by molar-refractivity contribution is 0.247. The quantitative estimate of drug-likeness (QED) is 0.412. The minimum Gasteiger partial charge on any atom is -0.384 e. The molecule has 132 valence electrons. The molecular weight excluding hydrogens is 280 g/mol. The minimum absolute atomic E-state index is 0.387. The van der Waals surface area contributed by atoms with E-state index < -0.39 is 0 Å². The maximum absolute atomic E-state index is 10.3. The van der Waals surface area contributed by atoms with E-state index in [1.54, 1.807) is 0 Å². The van der Waals surface area contributed by atoms with E-state index in [0.29, 0.717) is 0 Å². The molecule has 23 heavy (non-hydrogen) atoms. The highest BCUT2D eigenvalue weighted by Gasteiger charge is 2.17. The summed E-state index contributed by atoms with van der Waals surface area (Å²) in [7, 11) is 0. The van der Waals surface area contributed by atoms with Crippen LogP contribution >= 0.6 is 0 Å². The number of allylic oxidation sites excluding steroid dienone is 3. The van der Waals surface area contributed by atoms with Crippen LogP contribution in [0.5, 0.6) is 0 Å². The second-order valence-corrected chi connectivity index (χ2v) is 7.35. The van der Waals surface area contributed by atoms with Crippen LogP contribution in [-0.2, 0) is 0 Å². The van der Waals surface area contributed by atoms with Crippen LogP contribution in [0.25, 0.3) is 0 Å². The second-order valence-electron chi connectivity index (χ2n) is 7.35. The van der Waals surface area contributed by atoms with Gasteiger partial charge in [-0.2, -0.15) is 0 Å². The van der Waals surface area contributed by atoms with Crippen LogP contribution in [0.15, 0.2) is 34.4 Å². The van der Waals surface area contributed by atoms with E-state index in [-0.39, 0.29) is 6.10 Å². The maximum atomic E-state index is 10.3. The average Bonchev–Trinajstić information content (AvgIpc) is 2.52. The minimum atomic E-state index is -0.387. The second kappa shape index (κ2) is 11.7. The third-order valence-electron chi connectivity index (χ3n) is 4.96. The lowest BCUT2D eigenvalue weighted by Crippen LogP contribution is -2.15. The highest BCUT2D eigenvalue weighted by Crippen LogP contribution is 2.27. The number of hydrogen-bond donors (Lipinski definition) is 1. The average molecular weight is 319 g/mol. The molecule has 0 fully saturated rings. The maximum Gasteiger partial charge on any atom is 0.100 e. The van der Waals surface area contributed by atoms with Gasteiger partial charge in [0, 0.05) is 0 Å². The Labute approximate surface area is 144 Å². The highest BCUT2D eigenvalue weighted by molar-refractivity contribution is 5.45. The molecule has 0 bridgehead atoms. The Morgan fingerprint density at radius 2 is 1.39 bits per heavy atom. The van der Waals surface area contributed by atoms with E-state index in [4.69, 9.17) is 0 Å². The summed E-state index contributed by atoms with van der Waals surface area (Å²) in [6, 6.07) is 0. The topological polar surface area (TPSA) is 20.2 Å². The molecule has 1 aliphatic carbocycles. The van der Waals surface area contributed by atoms with Crippen molar-refractivity contribution < 1.29 is 5.11 Å². The Hall–Kier alpha value is -0.820. The first kappa shape index (κ1) is 20.2. The monoisotopic (exact) mass is 318 g/mol. The van der Waals surface area contributed by atoms with Crippen molar-refractivity contribution in [2.75, 3.05) is 0 Å². The molecule has 0 heterocycles. The van der Waals surface area contributed by atoms with E-state index >= 15 is 0 Å². The summed E-state index contributed by atoms with van der Waals surface area (Å²) in [6.45, 7) is 8.60. The third kappa shape index (κ3) is 8.01. The molecule has 0 saturated heterocycles. The first-order valence-corrected chi connectivity index (χ1v) is 9.80. The summed E-state index contributed by atoms with van der Waals surface area (Å²) in [4.78, 5) is 0. The summed E-state index contributed by atoms with van der Waals surface area (Å²) < 4.78 is 0. The van der Waals surface area contributed by atoms with E-state index in [1.165, 1.54) is 75.4 Å². The van der Waals surface area contributed by atoms with Gasteiger partial charge < -0.3 is 5.11 Å². The largest absolute Gasteiger partial charge is 0.384 e. The highest BCUT2D eigenvalue weighted by atomic mass is 16.3. The first-order chi connectivity index (χ1) is 11.1. The van der Waals surface area contributed by atoms with Crippen molar-refractivity contribution in [1.29, 1.82) is 0 Å². The van der Waals surface area contributed by atoms with Crippen molar-refractivity contribution in [3.8, 4) is 0 Å². The van der Waals surface area contributed by atoms with Gasteiger partial charge in [0.25, 0.3) is 0 Å². The molecule has 1 nitrogen and oxygen atoms in total. The van der Waals surface area contributed by atoms with Crippen LogP contribution in [-0.4, -0.2) is 11.2 Å². The first-order valence-electron chi connectivity index (χ1n) is 9.80. The van der Waals surface area contributed by atoms with Gasteiger partial charge in [-0.05, 0) is 44.8 Å². The summed E-state index contributed by atoms with van der Waals surface area (Å²) >= 11 is 0. The van der Waals surface area contributed by atoms with Crippen molar-refractivity contribution in [2.45, 2.75) is 104 Å². The SMILES string of the molecule is CCCCCCCCCCCCC(C)=C1C=C(C)C=C(C)C1O. The Balaban J connectivity index is 2.16. The van der Waals surface area contributed by atoms with E-state index in [0.717, 1.165) is 17.6 Å². The van der Waals surface area contributed by atoms with E-state index in [1.807, 2.05) is 6.92 Å². The number of rotatable bonds is 11. The van der Waals surface area contributed by atoms with Crippen molar-refractivity contribution in [3.05, 3.63) is 34.4 Å². The molecule has 0 radical (unpaired) electrons. The molecule has 0 spiro atoms. The summed E-state index contributed by atoms with van der Waals surface area (Å²) in [5.41, 5.74) is 4.83. The van der Waals surface area contributed by atoms with Gasteiger partial charge in [0.1, 0.15) is 6.10 Å². The lowest BCUT2D eigenvalue weighted by Gasteiger charge is -2.21. The normalized spacial score (nSPS) is 20.3. The van der Waals surface area contributed by atoms with E-state index in [2.05, 4.69) is 32.9 Å². The smallest absolute Gasteiger partial charge is 0.100 e. The van der Waals surface area contributed by atoms with Crippen molar-refractivity contribution in [3.63, 3.8) is 0 Å². The molecule has 0 aromatic rings. The van der Waals surface area contributed by atoms with Gasteiger partial charge in [0.2, 0.25) is 0 Å². The zero-order valence-corrected chi connectivity index (χ0v) is 16.0. The summed E-state index contributed by atoms with van der Waals surface area (Å²) in [5, 5.41) is 10.3. The number of aliphatic hydroxyl groups excluding tert-OH is 1. The van der Waals surface area contributed by atoms with Gasteiger partial charge in [0.15, 0.2) is 0 Å². The van der Waals surface area contributed by atoms with Crippen molar-refractivity contribution in [2.24, 2.45) is 0 Å². The Kier molecular flexibility index (Phi) is 10.3. The molecule has 0 aromatic heterocycles. The molecule has 1 aliphatic rings. The molecule has 0 aromatic carbocycles. The zero-order valence-electron chi connectivity index (χ0n) is 16.0. The Morgan fingerprint density at radius 3 is 1.96 bits per heavy atom. The molecule has 0 saturated carbocycles. The fourth-order valence-corrected chi connectivity index (χ4v) is 3.43. The van der Waals surface area contributed by atoms with Crippen LogP contribution in [0.4, 0.5) is 0 Å². The molecule has 1 unspecified atom stereocenters. The predicted molar refractivity (Wildman–Crippen MR) is 103 cm³/mol. The molecule has 0 aliphatic heterocycles. The fourth-order valence-electron chi connectivity index (χ4n) is 3.43. The third-order valence-corrected chi connectivity index (χ3v) is 4.96. The molecule has 1 atom stereocenters. The van der Waals surface area contributed by atoms with Gasteiger partial charge in [-0.25, -0.2) is 0 Å². The Bertz CT molecular complexity index is 425. The Morgan fingerprint density at radius 1 is 0.870 bits per heavy atom. The van der Waals surface area contributed by atoms with Crippen LogP contribution in [0.1, 0.15) is 98.3 Å². The van der Waals surface area contributed by atoms with Crippen LogP contribution in [0, 0.1) is 0 Å². The standard InChI is InChI=1S/C22H38O/c1-5-6-7-8-9-10-11-12-13-14-15-19(3)21-17-18(2)16-20(4)22(21)23/h16-17,22-23H,5-15H2,1-4H3. The van der Waals surface area contributed by atoms with Gasteiger partial charge >= 0.3 is 0 Å². The van der Waals surface area contributed by atoms with E-state index in [9.17, 15) is 5.11 Å². The van der Waals surface area contributed by atoms with Crippen molar-refractivity contribution >= 4 is 0 Å². The molecule has 1 N–H and O–H groups in total. The predicted octanol–water partition coefficient (Wildman–Crippen LogP) is 6.88. The fraction of sp³-hybridized carbons (Fsp3) is 0.727. The zero-order chi connectivity index (χ0) is 17.1. The van der Waals surface area contributed by atoms with Crippen molar-refractivity contribution in [1.82, 2.24) is 0 Å². The van der Waals surface area contributed by atoms with Crippen LogP contribution in [0.2, 0.25) is 0 Å². The lowest BCUT2D eigenvalue weighted by atomic mass is 9.89. The molecular formula is C22H38O. The number of unbranched alkanes of at least 4 members (excludes halogenated alkanes) is 9. The summed E-state index contributed by atoms with van der Waals surface area (Å²) in [6.07, 6.45) is 18.8. The molecule has 1 heteroatoms.